The van der Waals surface area contributed by atoms with Crippen molar-refractivity contribution in [3.05, 3.63) is 29.3 Å². The van der Waals surface area contributed by atoms with Gasteiger partial charge in [-0.2, -0.15) is 0 Å². The Bertz CT molecular complexity index is 533. The number of rotatable bonds is 3. The van der Waals surface area contributed by atoms with Crippen LogP contribution in [-0.2, 0) is 31.8 Å². The van der Waals surface area contributed by atoms with E-state index in [1.165, 1.54) is 12.7 Å². The van der Waals surface area contributed by atoms with Gasteiger partial charge in [-0.3, -0.25) is 4.79 Å². The van der Waals surface area contributed by atoms with Crippen molar-refractivity contribution in [1.82, 2.24) is 0 Å². The van der Waals surface area contributed by atoms with Gasteiger partial charge in [0.05, 0.1) is 33.9 Å². The van der Waals surface area contributed by atoms with Gasteiger partial charge >= 0.3 is 5.97 Å². The lowest BCUT2D eigenvalue weighted by atomic mass is 9.77. The standard InChI is InChI=1S/C16H20O5/c1-18-14-5-3-4-11-8-12(9-15(17)19-2)16(10-13(11)14)20-6-7-21-16/h3-5,12H,6-10H2,1-2H3. The number of benzene rings is 1. The lowest BCUT2D eigenvalue weighted by Crippen LogP contribution is -2.46. The van der Waals surface area contributed by atoms with E-state index in [2.05, 4.69) is 6.07 Å². The Morgan fingerprint density at radius 3 is 2.76 bits per heavy atom. The Morgan fingerprint density at radius 2 is 2.10 bits per heavy atom. The summed E-state index contributed by atoms with van der Waals surface area (Å²) in [6.07, 6.45) is 1.63. The Morgan fingerprint density at radius 1 is 1.33 bits per heavy atom. The highest BCUT2D eigenvalue weighted by Gasteiger charge is 2.49. The van der Waals surface area contributed by atoms with Gasteiger partial charge in [-0.15, -0.1) is 0 Å². The number of fused-ring (bicyclic) bond motifs is 1. The summed E-state index contributed by atoms with van der Waals surface area (Å²) < 4.78 is 22.1. The molecule has 0 aromatic heterocycles. The van der Waals surface area contributed by atoms with E-state index in [-0.39, 0.29) is 11.9 Å². The molecule has 0 saturated carbocycles. The molecule has 0 N–H and O–H groups in total. The van der Waals surface area contributed by atoms with Crippen LogP contribution in [0.25, 0.3) is 0 Å². The van der Waals surface area contributed by atoms with Crippen LogP contribution >= 0.6 is 0 Å². The second kappa shape index (κ2) is 5.66. The maximum atomic E-state index is 11.7. The van der Waals surface area contributed by atoms with E-state index in [1.807, 2.05) is 12.1 Å². The molecule has 0 bridgehead atoms. The number of methoxy groups -OCH3 is 2. The molecule has 1 aromatic carbocycles. The smallest absolute Gasteiger partial charge is 0.306 e. The zero-order valence-electron chi connectivity index (χ0n) is 12.4. The maximum Gasteiger partial charge on any atom is 0.306 e. The normalized spacial score (nSPS) is 22.9. The van der Waals surface area contributed by atoms with Crippen LogP contribution in [0.4, 0.5) is 0 Å². The monoisotopic (exact) mass is 292 g/mol. The molecule has 114 valence electrons. The first kappa shape index (κ1) is 14.4. The molecule has 1 unspecified atom stereocenters. The molecule has 5 nitrogen and oxygen atoms in total. The molecule has 5 heteroatoms. The first-order chi connectivity index (χ1) is 10.2. The van der Waals surface area contributed by atoms with Crippen LogP contribution in [0.1, 0.15) is 17.5 Å². The first-order valence-electron chi connectivity index (χ1n) is 7.18. The third-order valence-corrected chi connectivity index (χ3v) is 4.38. The van der Waals surface area contributed by atoms with Crippen LogP contribution in [0.5, 0.6) is 5.75 Å². The molecule has 1 aliphatic heterocycles. The van der Waals surface area contributed by atoms with Gasteiger partial charge in [0.25, 0.3) is 0 Å². The van der Waals surface area contributed by atoms with E-state index in [9.17, 15) is 4.79 Å². The molecule has 1 spiro atoms. The zero-order valence-corrected chi connectivity index (χ0v) is 12.4. The van der Waals surface area contributed by atoms with E-state index in [0.29, 0.717) is 26.1 Å². The molecular formula is C16H20O5. The lowest BCUT2D eigenvalue weighted by molar-refractivity contribution is -0.203. The van der Waals surface area contributed by atoms with Gasteiger partial charge in [0.2, 0.25) is 0 Å². The molecule has 0 radical (unpaired) electrons. The summed E-state index contributed by atoms with van der Waals surface area (Å²) in [6, 6.07) is 5.99. The summed E-state index contributed by atoms with van der Waals surface area (Å²) >= 11 is 0. The van der Waals surface area contributed by atoms with E-state index in [1.54, 1.807) is 7.11 Å². The number of esters is 1. The third-order valence-electron chi connectivity index (χ3n) is 4.38. The van der Waals surface area contributed by atoms with Gasteiger partial charge < -0.3 is 18.9 Å². The van der Waals surface area contributed by atoms with Crippen LogP contribution in [-0.4, -0.2) is 39.2 Å². The van der Waals surface area contributed by atoms with Gasteiger partial charge in [0.15, 0.2) is 5.79 Å². The molecule has 2 aliphatic rings. The van der Waals surface area contributed by atoms with Gasteiger partial charge in [-0.25, -0.2) is 0 Å². The Kier molecular flexibility index (Phi) is 3.87. The molecular weight excluding hydrogens is 272 g/mol. The van der Waals surface area contributed by atoms with Crippen LogP contribution in [0.15, 0.2) is 18.2 Å². The summed E-state index contributed by atoms with van der Waals surface area (Å²) in [5, 5.41) is 0. The third kappa shape index (κ3) is 2.51. The van der Waals surface area contributed by atoms with Crippen molar-refractivity contribution in [2.45, 2.75) is 25.0 Å². The van der Waals surface area contributed by atoms with Crippen molar-refractivity contribution in [3.8, 4) is 5.75 Å². The molecule has 1 aromatic rings. The van der Waals surface area contributed by atoms with Gasteiger partial charge in [-0.05, 0) is 18.1 Å². The zero-order chi connectivity index (χ0) is 14.9. The predicted molar refractivity (Wildman–Crippen MR) is 75.2 cm³/mol. The largest absolute Gasteiger partial charge is 0.496 e. The van der Waals surface area contributed by atoms with Crippen LogP contribution in [0.3, 0.4) is 0 Å². The van der Waals surface area contributed by atoms with Crippen molar-refractivity contribution in [2.75, 3.05) is 27.4 Å². The molecule has 1 saturated heterocycles. The highest BCUT2D eigenvalue weighted by atomic mass is 16.7. The number of carbonyl (C=O) groups is 1. The topological polar surface area (TPSA) is 54.0 Å². The molecule has 1 atom stereocenters. The summed E-state index contributed by atoms with van der Waals surface area (Å²) in [7, 11) is 3.07. The minimum atomic E-state index is -0.726. The average Bonchev–Trinajstić information content (AvgIpc) is 2.96. The minimum absolute atomic E-state index is 0.0351. The highest BCUT2D eigenvalue weighted by molar-refractivity contribution is 5.69. The van der Waals surface area contributed by atoms with Gasteiger partial charge in [0.1, 0.15) is 5.75 Å². The van der Waals surface area contributed by atoms with Crippen LogP contribution in [0.2, 0.25) is 0 Å². The average molecular weight is 292 g/mol. The Balaban J connectivity index is 1.95. The Labute approximate surface area is 124 Å². The summed E-state index contributed by atoms with van der Waals surface area (Å²) in [4.78, 5) is 11.7. The van der Waals surface area contributed by atoms with Crippen molar-refractivity contribution in [1.29, 1.82) is 0 Å². The van der Waals surface area contributed by atoms with Crippen molar-refractivity contribution in [3.63, 3.8) is 0 Å². The van der Waals surface area contributed by atoms with Crippen molar-refractivity contribution >= 4 is 5.97 Å². The molecule has 0 amide bonds. The summed E-state index contributed by atoms with van der Waals surface area (Å²) in [5.74, 6) is -0.144. The maximum absolute atomic E-state index is 11.7. The van der Waals surface area contributed by atoms with E-state index >= 15 is 0 Å². The van der Waals surface area contributed by atoms with Gasteiger partial charge in [0, 0.05) is 17.9 Å². The minimum Gasteiger partial charge on any atom is -0.496 e. The second-order valence-electron chi connectivity index (χ2n) is 5.46. The number of carbonyl (C=O) groups excluding carboxylic acids is 1. The fourth-order valence-corrected chi connectivity index (χ4v) is 3.33. The van der Waals surface area contributed by atoms with Crippen molar-refractivity contribution < 1.29 is 23.7 Å². The lowest BCUT2D eigenvalue weighted by Gasteiger charge is -2.40. The molecule has 3 rings (SSSR count). The van der Waals surface area contributed by atoms with E-state index in [0.717, 1.165) is 17.7 Å². The fraction of sp³-hybridized carbons (Fsp3) is 0.562. The van der Waals surface area contributed by atoms with E-state index in [4.69, 9.17) is 18.9 Å². The molecule has 1 aliphatic carbocycles. The SMILES string of the molecule is COC(=O)CC1Cc2cccc(OC)c2CC12OCCO2. The number of hydrogen-bond donors (Lipinski definition) is 0. The van der Waals surface area contributed by atoms with E-state index < -0.39 is 5.79 Å². The number of hydrogen-bond acceptors (Lipinski definition) is 5. The summed E-state index contributed by atoms with van der Waals surface area (Å²) in [6.45, 7) is 1.12. The fourth-order valence-electron chi connectivity index (χ4n) is 3.33. The van der Waals surface area contributed by atoms with Crippen LogP contribution in [0, 0.1) is 5.92 Å². The number of ether oxygens (including phenoxy) is 4. The summed E-state index contributed by atoms with van der Waals surface area (Å²) in [5.41, 5.74) is 2.30. The second-order valence-corrected chi connectivity index (χ2v) is 5.46. The quantitative estimate of drug-likeness (QED) is 0.794. The first-order valence-corrected chi connectivity index (χ1v) is 7.18. The predicted octanol–water partition coefficient (Wildman–Crippen LogP) is 1.72. The van der Waals surface area contributed by atoms with Crippen molar-refractivity contribution in [2.24, 2.45) is 5.92 Å². The Hall–Kier alpha value is -1.59. The highest BCUT2D eigenvalue weighted by Crippen LogP contribution is 2.43. The molecule has 1 fully saturated rings. The van der Waals surface area contributed by atoms with Gasteiger partial charge in [-0.1, -0.05) is 12.1 Å². The van der Waals surface area contributed by atoms with Crippen LogP contribution < -0.4 is 4.74 Å². The molecule has 21 heavy (non-hydrogen) atoms. The molecule has 1 heterocycles.